The number of carbonyl (C=O) groups excluding carboxylic acids is 2. The van der Waals surface area contributed by atoms with E-state index < -0.39 is 0 Å². The predicted octanol–water partition coefficient (Wildman–Crippen LogP) is 3.19. The first kappa shape index (κ1) is 18.9. The summed E-state index contributed by atoms with van der Waals surface area (Å²) in [6, 6.07) is 6.00. The average Bonchev–Trinajstić information content (AvgIpc) is 2.62. The number of hydrogen-bond acceptors (Lipinski definition) is 3. The van der Waals surface area contributed by atoms with Crippen LogP contribution in [0.5, 0.6) is 0 Å². The van der Waals surface area contributed by atoms with Crippen molar-refractivity contribution in [2.75, 3.05) is 25.0 Å². The molecule has 5 heteroatoms. The van der Waals surface area contributed by atoms with Gasteiger partial charge in [-0.05, 0) is 75.8 Å². The number of anilines is 1. The molecule has 0 radical (unpaired) electrons. The molecule has 0 saturated carbocycles. The number of benzene rings is 1. The summed E-state index contributed by atoms with van der Waals surface area (Å²) in [4.78, 5) is 27.3. The summed E-state index contributed by atoms with van der Waals surface area (Å²) in [5.74, 6) is 0.816. The van der Waals surface area contributed by atoms with Crippen LogP contribution >= 0.6 is 0 Å². The third kappa shape index (κ3) is 4.44. The van der Waals surface area contributed by atoms with Gasteiger partial charge in [0.25, 0.3) is 5.91 Å². The summed E-state index contributed by atoms with van der Waals surface area (Å²) < 4.78 is 0. The van der Waals surface area contributed by atoms with E-state index >= 15 is 0 Å². The number of hydrogen-bond donors (Lipinski definition) is 2. The summed E-state index contributed by atoms with van der Waals surface area (Å²) >= 11 is 0. The molecule has 1 unspecified atom stereocenters. The van der Waals surface area contributed by atoms with Crippen LogP contribution in [0.25, 0.3) is 0 Å². The zero-order valence-corrected chi connectivity index (χ0v) is 16.2. The molecule has 0 spiro atoms. The fourth-order valence-corrected chi connectivity index (χ4v) is 4.10. The zero-order valence-electron chi connectivity index (χ0n) is 16.2. The summed E-state index contributed by atoms with van der Waals surface area (Å²) in [5.41, 5.74) is 2.46. The van der Waals surface area contributed by atoms with Crippen molar-refractivity contribution in [3.63, 3.8) is 0 Å². The fraction of sp³-hybridized carbons (Fsp3) is 0.619. The lowest BCUT2D eigenvalue weighted by Gasteiger charge is -2.31. The quantitative estimate of drug-likeness (QED) is 0.873. The van der Waals surface area contributed by atoms with Gasteiger partial charge in [0.15, 0.2) is 0 Å². The van der Waals surface area contributed by atoms with Gasteiger partial charge in [0.2, 0.25) is 5.91 Å². The fourth-order valence-electron chi connectivity index (χ4n) is 4.10. The molecule has 5 nitrogen and oxygen atoms in total. The maximum Gasteiger partial charge on any atom is 0.253 e. The molecule has 142 valence electrons. The van der Waals surface area contributed by atoms with Gasteiger partial charge in [-0.2, -0.15) is 0 Å². The van der Waals surface area contributed by atoms with Crippen molar-refractivity contribution in [1.82, 2.24) is 10.2 Å². The van der Waals surface area contributed by atoms with Crippen LogP contribution in [0.3, 0.4) is 0 Å². The zero-order chi connectivity index (χ0) is 18.7. The van der Waals surface area contributed by atoms with E-state index in [4.69, 9.17) is 0 Å². The van der Waals surface area contributed by atoms with Gasteiger partial charge < -0.3 is 15.5 Å². The van der Waals surface area contributed by atoms with Gasteiger partial charge in [-0.1, -0.05) is 6.92 Å². The Balaban J connectivity index is 1.65. The second-order valence-corrected chi connectivity index (χ2v) is 8.09. The highest BCUT2D eigenvalue weighted by atomic mass is 16.2. The minimum atomic E-state index is 0.0572. The van der Waals surface area contributed by atoms with Crippen molar-refractivity contribution >= 4 is 17.5 Å². The van der Waals surface area contributed by atoms with Gasteiger partial charge in [0.05, 0.1) is 0 Å². The molecular weight excluding hydrogens is 326 g/mol. The normalized spacial score (nSPS) is 26.4. The molecule has 26 heavy (non-hydrogen) atoms. The first-order valence-electron chi connectivity index (χ1n) is 9.88. The average molecular weight is 357 g/mol. The van der Waals surface area contributed by atoms with Crippen molar-refractivity contribution in [2.45, 2.75) is 52.5 Å². The van der Waals surface area contributed by atoms with E-state index in [0.717, 1.165) is 50.1 Å². The number of piperidine rings is 2. The van der Waals surface area contributed by atoms with Crippen molar-refractivity contribution < 1.29 is 9.59 Å². The highest BCUT2D eigenvalue weighted by Gasteiger charge is 2.26. The molecule has 0 aromatic heterocycles. The van der Waals surface area contributed by atoms with Crippen molar-refractivity contribution in [3.05, 3.63) is 29.3 Å². The molecule has 2 saturated heterocycles. The Morgan fingerprint density at radius 2 is 2.04 bits per heavy atom. The van der Waals surface area contributed by atoms with E-state index in [-0.39, 0.29) is 17.7 Å². The maximum atomic E-state index is 12.7. The molecule has 2 N–H and O–H groups in total. The molecular formula is C21H31N3O2. The highest BCUT2D eigenvalue weighted by Crippen LogP contribution is 2.23. The Labute approximate surface area is 156 Å². The van der Waals surface area contributed by atoms with Gasteiger partial charge in [-0.3, -0.25) is 9.59 Å². The van der Waals surface area contributed by atoms with E-state index in [9.17, 15) is 9.59 Å². The Bertz CT molecular complexity index is 673. The van der Waals surface area contributed by atoms with Crippen LogP contribution in [0.15, 0.2) is 18.2 Å². The van der Waals surface area contributed by atoms with Gasteiger partial charge in [0, 0.05) is 36.3 Å². The van der Waals surface area contributed by atoms with Gasteiger partial charge in [-0.15, -0.1) is 0 Å². The Morgan fingerprint density at radius 3 is 2.73 bits per heavy atom. The number of amides is 2. The number of carbonyl (C=O) groups is 2. The Morgan fingerprint density at radius 1 is 1.23 bits per heavy atom. The molecule has 2 aliphatic rings. The lowest BCUT2D eigenvalue weighted by molar-refractivity contribution is -0.120. The number of rotatable bonds is 3. The molecule has 1 aromatic carbocycles. The second-order valence-electron chi connectivity index (χ2n) is 8.09. The summed E-state index contributed by atoms with van der Waals surface area (Å²) in [6.07, 6.45) is 4.02. The van der Waals surface area contributed by atoms with Crippen LogP contribution in [0, 0.1) is 18.8 Å². The van der Waals surface area contributed by atoms with E-state index in [1.165, 1.54) is 6.42 Å². The Hall–Kier alpha value is -1.88. The maximum absolute atomic E-state index is 12.7. The van der Waals surface area contributed by atoms with Crippen LogP contribution in [-0.2, 0) is 4.79 Å². The van der Waals surface area contributed by atoms with Crippen LogP contribution in [-0.4, -0.2) is 42.4 Å². The monoisotopic (exact) mass is 357 g/mol. The van der Waals surface area contributed by atoms with Crippen molar-refractivity contribution in [1.29, 1.82) is 0 Å². The number of aryl methyl sites for hydroxylation is 1. The topological polar surface area (TPSA) is 61.4 Å². The lowest BCUT2D eigenvalue weighted by atomic mass is 9.92. The Kier molecular flexibility index (Phi) is 5.97. The minimum Gasteiger partial charge on any atom is -0.338 e. The summed E-state index contributed by atoms with van der Waals surface area (Å²) in [6.45, 7) is 8.84. The van der Waals surface area contributed by atoms with Gasteiger partial charge in [0.1, 0.15) is 0 Å². The lowest BCUT2D eigenvalue weighted by Crippen LogP contribution is -2.40. The number of nitrogens with one attached hydrogen (secondary N) is 2. The number of likely N-dealkylation sites (tertiary alicyclic amines) is 1. The molecule has 1 aromatic rings. The van der Waals surface area contributed by atoms with Crippen molar-refractivity contribution in [3.8, 4) is 0 Å². The van der Waals surface area contributed by atoms with E-state index in [1.54, 1.807) is 0 Å². The molecule has 2 fully saturated rings. The second kappa shape index (κ2) is 8.21. The van der Waals surface area contributed by atoms with Crippen molar-refractivity contribution in [2.24, 2.45) is 11.8 Å². The first-order valence-corrected chi connectivity index (χ1v) is 9.88. The van der Waals surface area contributed by atoms with E-state index in [2.05, 4.69) is 24.5 Å². The van der Waals surface area contributed by atoms with E-state index in [1.807, 2.05) is 30.0 Å². The molecule has 2 amide bonds. The van der Waals surface area contributed by atoms with Gasteiger partial charge in [-0.25, -0.2) is 0 Å². The molecule has 3 atom stereocenters. The minimum absolute atomic E-state index is 0.0572. The van der Waals surface area contributed by atoms with Crippen LogP contribution < -0.4 is 10.6 Å². The van der Waals surface area contributed by atoms with Gasteiger partial charge >= 0.3 is 0 Å². The summed E-state index contributed by atoms with van der Waals surface area (Å²) in [7, 11) is 0. The SMILES string of the molecule is Cc1cc(C(=O)N2CCCC(C)C2)ccc1NC(=O)[C@H]1CCN[C@@H](C)C1. The third-order valence-electron chi connectivity index (χ3n) is 5.67. The summed E-state index contributed by atoms with van der Waals surface area (Å²) in [5, 5.41) is 6.44. The molecule has 3 rings (SSSR count). The standard InChI is InChI=1S/C21H31N3O2/c1-14-5-4-10-24(13-14)21(26)18-6-7-19(15(2)11-18)23-20(25)17-8-9-22-16(3)12-17/h6-7,11,14,16-17,22H,4-5,8-10,12-13H2,1-3H3,(H,23,25)/t14?,16-,17-/m0/s1. The smallest absolute Gasteiger partial charge is 0.253 e. The highest BCUT2D eigenvalue weighted by molar-refractivity contribution is 5.97. The van der Waals surface area contributed by atoms with Crippen LogP contribution in [0.1, 0.15) is 55.5 Å². The molecule has 2 aliphatic heterocycles. The third-order valence-corrected chi connectivity index (χ3v) is 5.67. The van der Waals surface area contributed by atoms with Crippen LogP contribution in [0.4, 0.5) is 5.69 Å². The predicted molar refractivity (Wildman–Crippen MR) is 104 cm³/mol. The van der Waals surface area contributed by atoms with E-state index in [0.29, 0.717) is 17.5 Å². The number of nitrogens with zero attached hydrogens (tertiary/aromatic N) is 1. The molecule has 0 bridgehead atoms. The molecule has 0 aliphatic carbocycles. The first-order chi connectivity index (χ1) is 12.4. The largest absolute Gasteiger partial charge is 0.338 e. The molecule has 2 heterocycles. The van der Waals surface area contributed by atoms with Crippen LogP contribution in [0.2, 0.25) is 0 Å².